The molecule has 41 heavy (non-hydrogen) atoms. The quantitative estimate of drug-likeness (QED) is 0.173. The van der Waals surface area contributed by atoms with Gasteiger partial charge >= 0.3 is 0 Å². The van der Waals surface area contributed by atoms with E-state index in [-0.39, 0.29) is 18.4 Å². The molecule has 2 amide bonds. The molecule has 0 unspecified atom stereocenters. The third kappa shape index (κ3) is 8.45. The fourth-order valence-electron chi connectivity index (χ4n) is 3.90. The molecule has 8 nitrogen and oxygen atoms in total. The van der Waals surface area contributed by atoms with Crippen LogP contribution in [0.5, 0.6) is 11.5 Å². The van der Waals surface area contributed by atoms with Crippen molar-refractivity contribution in [3.63, 3.8) is 0 Å². The van der Waals surface area contributed by atoms with Crippen LogP contribution in [-0.4, -0.2) is 54.9 Å². The maximum Gasteiger partial charge on any atom is 0.266 e. The van der Waals surface area contributed by atoms with Crippen molar-refractivity contribution in [3.8, 4) is 11.5 Å². The van der Waals surface area contributed by atoms with Crippen LogP contribution in [0.3, 0.4) is 0 Å². The highest BCUT2D eigenvalue weighted by atomic mass is 79.9. The summed E-state index contributed by atoms with van der Waals surface area (Å²) in [5, 5.41) is 3.42. The zero-order chi connectivity index (χ0) is 29.2. The van der Waals surface area contributed by atoms with Gasteiger partial charge in [-0.3, -0.25) is 14.5 Å². The van der Waals surface area contributed by atoms with Gasteiger partial charge in [-0.05, 0) is 96.5 Å². The number of nitrogens with one attached hydrogen (secondary N) is 1. The first-order valence-corrected chi connectivity index (χ1v) is 14.9. The molecular weight excluding hydrogens is 606 g/mol. The average Bonchev–Trinajstić information content (AvgIpc) is 3.23. The number of nitrogens with zero attached hydrogens (tertiary/aromatic N) is 2. The number of benzene rings is 3. The zero-order valence-corrected chi connectivity index (χ0v) is 25.6. The van der Waals surface area contributed by atoms with Gasteiger partial charge in [0, 0.05) is 12.3 Å². The van der Waals surface area contributed by atoms with E-state index in [1.54, 1.807) is 17.0 Å². The van der Waals surface area contributed by atoms with E-state index in [1.807, 2.05) is 81.4 Å². The van der Waals surface area contributed by atoms with E-state index in [1.165, 1.54) is 11.8 Å². The lowest BCUT2D eigenvalue weighted by Gasteiger charge is -2.15. The molecule has 1 heterocycles. The van der Waals surface area contributed by atoms with Crippen molar-refractivity contribution in [2.75, 3.05) is 38.3 Å². The topological polar surface area (TPSA) is 89.5 Å². The summed E-state index contributed by atoms with van der Waals surface area (Å²) in [5.74, 6) is 0.424. The molecule has 0 radical (unpaired) electrons. The third-order valence-corrected chi connectivity index (χ3v) is 7.44. The van der Waals surface area contributed by atoms with E-state index in [0.717, 1.165) is 16.8 Å². The second-order valence-corrected chi connectivity index (χ2v) is 10.8. The molecule has 1 aliphatic rings. The minimum atomic E-state index is -0.292. The highest BCUT2D eigenvalue weighted by Gasteiger charge is 2.33. The molecule has 3 aromatic rings. The number of aryl methyl sites for hydroxylation is 1. The zero-order valence-electron chi connectivity index (χ0n) is 23.2. The number of amidine groups is 1. The number of ether oxygens (including phenoxy) is 3. The van der Waals surface area contributed by atoms with Crippen LogP contribution < -0.4 is 14.8 Å². The van der Waals surface area contributed by atoms with Crippen molar-refractivity contribution < 1.29 is 23.8 Å². The van der Waals surface area contributed by atoms with Crippen LogP contribution in [0.25, 0.3) is 6.08 Å². The Hall–Kier alpha value is -3.60. The Kier molecular flexibility index (Phi) is 11.0. The molecule has 10 heteroatoms. The first kappa shape index (κ1) is 30.4. The molecule has 1 fully saturated rings. The van der Waals surface area contributed by atoms with Crippen LogP contribution in [0.15, 0.2) is 81.1 Å². The number of hydrogen-bond donors (Lipinski definition) is 1. The number of halogens is 1. The first-order valence-electron chi connectivity index (χ1n) is 13.3. The Morgan fingerprint density at radius 1 is 1.05 bits per heavy atom. The van der Waals surface area contributed by atoms with Crippen molar-refractivity contribution in [2.24, 2.45) is 4.99 Å². The van der Waals surface area contributed by atoms with Gasteiger partial charge in [-0.1, -0.05) is 35.9 Å². The van der Waals surface area contributed by atoms with E-state index < -0.39 is 0 Å². The Labute approximate surface area is 252 Å². The molecule has 4 rings (SSSR count). The predicted octanol–water partition coefficient (Wildman–Crippen LogP) is 6.81. The molecule has 1 saturated heterocycles. The van der Waals surface area contributed by atoms with Crippen LogP contribution in [0.2, 0.25) is 0 Å². The summed E-state index contributed by atoms with van der Waals surface area (Å²) in [6, 6.07) is 20.7. The van der Waals surface area contributed by atoms with Gasteiger partial charge in [0.2, 0.25) is 0 Å². The Morgan fingerprint density at radius 2 is 1.80 bits per heavy atom. The number of thioether (sulfide) groups is 1. The van der Waals surface area contributed by atoms with Crippen LogP contribution >= 0.6 is 27.7 Å². The van der Waals surface area contributed by atoms with Crippen molar-refractivity contribution in [1.82, 2.24) is 4.90 Å². The van der Waals surface area contributed by atoms with Gasteiger partial charge in [-0.2, -0.15) is 0 Å². The Balaban J connectivity index is 1.54. The Bertz CT molecular complexity index is 1430. The molecule has 0 aromatic heterocycles. The number of hydrogen-bond acceptors (Lipinski definition) is 7. The molecule has 1 aliphatic heterocycles. The number of carbonyl (C=O) groups is 2. The molecule has 3 aromatic carbocycles. The molecular formula is C31H32BrN3O5S. The largest absolute Gasteiger partial charge is 0.490 e. The van der Waals surface area contributed by atoms with Gasteiger partial charge in [0.15, 0.2) is 23.3 Å². The van der Waals surface area contributed by atoms with Crippen LogP contribution in [0.1, 0.15) is 25.0 Å². The standard InChI is InChI=1S/C31H32BrN3O5S/c1-4-38-16-15-35-30(37)27(41-31(35)34-23-9-7-6-8-10-23)19-22-17-25(32)29(26(18-22)39-5-2)40-20-28(36)33-24-13-11-21(3)12-14-24/h6-14,17-19H,4-5,15-16,20H2,1-3H3,(H,33,36)/b27-19-,34-31?. The second-order valence-electron chi connectivity index (χ2n) is 8.96. The van der Waals surface area contributed by atoms with Gasteiger partial charge in [0.25, 0.3) is 11.8 Å². The number of rotatable bonds is 12. The number of amides is 2. The van der Waals surface area contributed by atoms with E-state index >= 15 is 0 Å². The highest BCUT2D eigenvalue weighted by molar-refractivity contribution is 9.10. The van der Waals surface area contributed by atoms with E-state index in [0.29, 0.717) is 58.1 Å². The lowest BCUT2D eigenvalue weighted by atomic mass is 10.2. The van der Waals surface area contributed by atoms with Gasteiger partial charge in [0.05, 0.1) is 34.8 Å². The second kappa shape index (κ2) is 14.9. The molecule has 0 aliphatic carbocycles. The van der Waals surface area contributed by atoms with E-state index in [9.17, 15) is 9.59 Å². The van der Waals surface area contributed by atoms with Crippen LogP contribution in [0, 0.1) is 6.92 Å². The summed E-state index contributed by atoms with van der Waals surface area (Å²) in [5.41, 5.74) is 3.30. The average molecular weight is 639 g/mol. The summed E-state index contributed by atoms with van der Waals surface area (Å²) < 4.78 is 17.8. The summed E-state index contributed by atoms with van der Waals surface area (Å²) in [4.78, 5) is 32.8. The minimum absolute atomic E-state index is 0.147. The van der Waals surface area contributed by atoms with Crippen molar-refractivity contribution in [3.05, 3.63) is 87.2 Å². The lowest BCUT2D eigenvalue weighted by Crippen LogP contribution is -2.32. The smallest absolute Gasteiger partial charge is 0.266 e. The number of carbonyl (C=O) groups excluding carboxylic acids is 2. The molecule has 0 atom stereocenters. The molecule has 0 bridgehead atoms. The first-order chi connectivity index (χ1) is 19.9. The van der Waals surface area contributed by atoms with Gasteiger partial charge < -0.3 is 19.5 Å². The van der Waals surface area contributed by atoms with Gasteiger partial charge in [0.1, 0.15) is 0 Å². The maximum absolute atomic E-state index is 13.4. The highest BCUT2D eigenvalue weighted by Crippen LogP contribution is 2.39. The minimum Gasteiger partial charge on any atom is -0.490 e. The van der Waals surface area contributed by atoms with Crippen LogP contribution in [-0.2, 0) is 14.3 Å². The van der Waals surface area contributed by atoms with E-state index in [4.69, 9.17) is 19.2 Å². The van der Waals surface area contributed by atoms with Crippen molar-refractivity contribution in [1.29, 1.82) is 0 Å². The fourth-order valence-corrected chi connectivity index (χ4v) is 5.50. The maximum atomic E-state index is 13.4. The Morgan fingerprint density at radius 3 is 2.51 bits per heavy atom. The van der Waals surface area contributed by atoms with Crippen molar-refractivity contribution in [2.45, 2.75) is 20.8 Å². The third-order valence-electron chi connectivity index (χ3n) is 5.84. The van der Waals surface area contributed by atoms with E-state index in [2.05, 4.69) is 21.2 Å². The van der Waals surface area contributed by atoms with Crippen molar-refractivity contribution >= 4 is 62.1 Å². The monoisotopic (exact) mass is 637 g/mol. The molecule has 214 valence electrons. The summed E-state index contributed by atoms with van der Waals surface area (Å²) in [6.45, 7) is 7.34. The SMILES string of the molecule is CCOCCN1C(=O)/C(=C/c2cc(Br)c(OCC(=O)Nc3ccc(C)cc3)c(OCC)c2)SC1=Nc1ccccc1. The predicted molar refractivity (Wildman–Crippen MR) is 168 cm³/mol. The lowest BCUT2D eigenvalue weighted by molar-refractivity contribution is -0.122. The summed E-state index contributed by atoms with van der Waals surface area (Å²) in [6.07, 6.45) is 1.80. The molecule has 0 spiro atoms. The normalized spacial score (nSPS) is 15.0. The van der Waals surface area contributed by atoms with Gasteiger partial charge in [-0.25, -0.2) is 4.99 Å². The molecule has 0 saturated carbocycles. The fraction of sp³-hybridized carbons (Fsp3) is 0.258. The van der Waals surface area contributed by atoms with Gasteiger partial charge in [-0.15, -0.1) is 0 Å². The molecule has 1 N–H and O–H groups in total. The number of aliphatic imine (C=N–C) groups is 1. The number of para-hydroxylation sites is 1. The van der Waals surface area contributed by atoms with Crippen LogP contribution in [0.4, 0.5) is 11.4 Å². The number of anilines is 1. The summed E-state index contributed by atoms with van der Waals surface area (Å²) >= 11 is 4.87. The summed E-state index contributed by atoms with van der Waals surface area (Å²) in [7, 11) is 0.